The maximum absolute atomic E-state index is 12.3. The van der Waals surface area contributed by atoms with Gasteiger partial charge < -0.3 is 14.8 Å². The highest BCUT2D eigenvalue weighted by Crippen LogP contribution is 2.29. The van der Waals surface area contributed by atoms with Gasteiger partial charge in [0.2, 0.25) is 0 Å². The minimum Gasteiger partial charge on any atom is -0.493 e. The first kappa shape index (κ1) is 18.1. The number of aromatic nitrogens is 2. The lowest BCUT2D eigenvalue weighted by Crippen LogP contribution is -2.27. The lowest BCUT2D eigenvalue weighted by atomic mass is 10.2. The number of nitrogens with zero attached hydrogens (tertiary/aromatic N) is 3. The Balaban J connectivity index is 1.94. The summed E-state index contributed by atoms with van der Waals surface area (Å²) < 4.78 is 35.0. The van der Waals surface area contributed by atoms with Gasteiger partial charge in [-0.2, -0.15) is 13.9 Å². The van der Waals surface area contributed by atoms with Crippen molar-refractivity contribution in [3.05, 3.63) is 46.3 Å². The van der Waals surface area contributed by atoms with Gasteiger partial charge in [0.15, 0.2) is 11.5 Å². The number of nitro groups is 1. The molecule has 0 radical (unpaired) electrons. The van der Waals surface area contributed by atoms with Crippen LogP contribution in [0.4, 0.5) is 14.5 Å². The van der Waals surface area contributed by atoms with E-state index >= 15 is 0 Å². The van der Waals surface area contributed by atoms with E-state index in [1.54, 1.807) is 0 Å². The maximum Gasteiger partial charge on any atom is 0.387 e. The van der Waals surface area contributed by atoms with Crippen LogP contribution in [0, 0.1) is 10.1 Å². The van der Waals surface area contributed by atoms with E-state index in [0.717, 1.165) is 6.20 Å². The van der Waals surface area contributed by atoms with Crippen LogP contribution in [0.1, 0.15) is 10.4 Å². The SMILES string of the molecule is COc1cc(C(=O)NCCn2cc([N+](=O)[O-])cn2)ccc1OC(F)F. The molecule has 0 saturated heterocycles. The van der Waals surface area contributed by atoms with Crippen molar-refractivity contribution in [2.24, 2.45) is 0 Å². The quantitative estimate of drug-likeness (QED) is 0.571. The molecular formula is C14H14F2N4O5. The molecule has 1 aromatic heterocycles. The van der Waals surface area contributed by atoms with Crippen molar-refractivity contribution in [3.8, 4) is 11.5 Å². The van der Waals surface area contributed by atoms with Crippen LogP contribution in [0.2, 0.25) is 0 Å². The normalized spacial score (nSPS) is 10.6. The summed E-state index contributed by atoms with van der Waals surface area (Å²) in [7, 11) is 1.26. The minimum atomic E-state index is -3.01. The van der Waals surface area contributed by atoms with Crippen molar-refractivity contribution in [1.82, 2.24) is 15.1 Å². The van der Waals surface area contributed by atoms with E-state index in [1.165, 1.54) is 36.2 Å². The van der Waals surface area contributed by atoms with Crippen LogP contribution in [0.5, 0.6) is 11.5 Å². The number of hydrogen-bond acceptors (Lipinski definition) is 6. The van der Waals surface area contributed by atoms with E-state index in [0.29, 0.717) is 0 Å². The third kappa shape index (κ3) is 4.86. The van der Waals surface area contributed by atoms with Gasteiger partial charge in [0.1, 0.15) is 12.4 Å². The molecule has 25 heavy (non-hydrogen) atoms. The van der Waals surface area contributed by atoms with E-state index in [1.807, 2.05) is 0 Å². The van der Waals surface area contributed by atoms with Gasteiger partial charge in [-0.15, -0.1) is 0 Å². The molecule has 2 rings (SSSR count). The van der Waals surface area contributed by atoms with Gasteiger partial charge in [-0.05, 0) is 18.2 Å². The van der Waals surface area contributed by atoms with Crippen molar-refractivity contribution in [3.63, 3.8) is 0 Å². The summed E-state index contributed by atoms with van der Waals surface area (Å²) in [6.45, 7) is -2.62. The maximum atomic E-state index is 12.3. The number of nitrogens with one attached hydrogen (secondary N) is 1. The number of hydrogen-bond donors (Lipinski definition) is 1. The van der Waals surface area contributed by atoms with Crippen LogP contribution in [0.15, 0.2) is 30.6 Å². The zero-order chi connectivity index (χ0) is 18.4. The second-order valence-electron chi connectivity index (χ2n) is 4.72. The molecule has 134 valence electrons. The Labute approximate surface area is 140 Å². The predicted molar refractivity (Wildman–Crippen MR) is 80.8 cm³/mol. The summed E-state index contributed by atoms with van der Waals surface area (Å²) in [5, 5.41) is 16.9. The molecule has 0 spiro atoms. The largest absolute Gasteiger partial charge is 0.493 e. The summed E-state index contributed by atoms with van der Waals surface area (Å²) in [4.78, 5) is 22.0. The Kier molecular flexibility index (Phi) is 5.82. The number of amides is 1. The summed E-state index contributed by atoms with van der Waals surface area (Å²) in [6, 6.07) is 3.79. The van der Waals surface area contributed by atoms with E-state index in [4.69, 9.17) is 4.74 Å². The number of benzene rings is 1. The Morgan fingerprint density at radius 1 is 1.44 bits per heavy atom. The van der Waals surface area contributed by atoms with Gasteiger partial charge in [0.25, 0.3) is 5.91 Å². The highest BCUT2D eigenvalue weighted by atomic mass is 19.3. The highest BCUT2D eigenvalue weighted by Gasteiger charge is 2.14. The van der Waals surface area contributed by atoms with E-state index in [-0.39, 0.29) is 35.8 Å². The molecule has 0 bridgehead atoms. The van der Waals surface area contributed by atoms with Gasteiger partial charge in [-0.25, -0.2) is 0 Å². The average Bonchev–Trinajstić information content (AvgIpc) is 3.03. The van der Waals surface area contributed by atoms with Crippen molar-refractivity contribution in [1.29, 1.82) is 0 Å². The molecule has 0 atom stereocenters. The third-order valence-electron chi connectivity index (χ3n) is 3.10. The molecule has 1 heterocycles. The minimum absolute atomic E-state index is 0.00403. The van der Waals surface area contributed by atoms with Crippen LogP contribution in [-0.4, -0.2) is 40.9 Å². The first-order valence-corrected chi connectivity index (χ1v) is 6.98. The third-order valence-corrected chi connectivity index (χ3v) is 3.10. The summed E-state index contributed by atoms with van der Waals surface area (Å²) in [5.74, 6) is -0.655. The van der Waals surface area contributed by atoms with Crippen molar-refractivity contribution in [2.45, 2.75) is 13.2 Å². The molecule has 1 aromatic carbocycles. The Morgan fingerprint density at radius 3 is 2.80 bits per heavy atom. The van der Waals surface area contributed by atoms with E-state index in [9.17, 15) is 23.7 Å². The van der Waals surface area contributed by atoms with E-state index in [2.05, 4.69) is 15.2 Å². The predicted octanol–water partition coefficient (Wildman–Crippen LogP) is 1.83. The molecule has 1 N–H and O–H groups in total. The van der Waals surface area contributed by atoms with Crippen LogP contribution in [0.3, 0.4) is 0 Å². The molecule has 9 nitrogen and oxygen atoms in total. The van der Waals surface area contributed by atoms with Crippen molar-refractivity contribution < 1.29 is 28.0 Å². The fraction of sp³-hybridized carbons (Fsp3) is 0.286. The van der Waals surface area contributed by atoms with Crippen LogP contribution in [0.25, 0.3) is 0 Å². The molecule has 1 amide bonds. The average molecular weight is 356 g/mol. The fourth-order valence-electron chi connectivity index (χ4n) is 1.96. The monoisotopic (exact) mass is 356 g/mol. The molecule has 11 heteroatoms. The zero-order valence-corrected chi connectivity index (χ0v) is 13.0. The number of carbonyl (C=O) groups excluding carboxylic acids is 1. The smallest absolute Gasteiger partial charge is 0.387 e. The molecular weight excluding hydrogens is 342 g/mol. The molecule has 0 aliphatic carbocycles. The summed E-state index contributed by atoms with van der Waals surface area (Å²) in [6.07, 6.45) is 2.35. The molecule has 0 aliphatic heterocycles. The number of halogens is 2. The van der Waals surface area contributed by atoms with Crippen LogP contribution < -0.4 is 14.8 Å². The Morgan fingerprint density at radius 2 is 2.20 bits per heavy atom. The number of alkyl halides is 2. The summed E-state index contributed by atoms with van der Waals surface area (Å²) >= 11 is 0. The Bertz CT molecular complexity index is 765. The molecule has 0 fully saturated rings. The Hall–Kier alpha value is -3.24. The second kappa shape index (κ2) is 8.04. The van der Waals surface area contributed by atoms with Crippen LogP contribution in [-0.2, 0) is 6.54 Å². The molecule has 0 aliphatic rings. The van der Waals surface area contributed by atoms with Gasteiger partial charge >= 0.3 is 12.3 Å². The standard InChI is InChI=1S/C14H14F2N4O5/c1-24-12-6-9(2-3-11(12)25-14(15)16)13(21)17-4-5-19-8-10(7-18-19)20(22)23/h2-3,6-8,14H,4-5H2,1H3,(H,17,21). The first-order chi connectivity index (χ1) is 11.9. The lowest BCUT2D eigenvalue weighted by molar-refractivity contribution is -0.385. The highest BCUT2D eigenvalue weighted by molar-refractivity contribution is 5.94. The number of rotatable bonds is 8. The lowest BCUT2D eigenvalue weighted by Gasteiger charge is -2.11. The zero-order valence-electron chi connectivity index (χ0n) is 13.0. The fourth-order valence-corrected chi connectivity index (χ4v) is 1.96. The topological polar surface area (TPSA) is 109 Å². The molecule has 0 saturated carbocycles. The van der Waals surface area contributed by atoms with Crippen molar-refractivity contribution in [2.75, 3.05) is 13.7 Å². The molecule has 2 aromatic rings. The van der Waals surface area contributed by atoms with Gasteiger partial charge in [0, 0.05) is 12.1 Å². The van der Waals surface area contributed by atoms with Gasteiger partial charge in [-0.1, -0.05) is 0 Å². The van der Waals surface area contributed by atoms with Gasteiger partial charge in [0.05, 0.1) is 18.6 Å². The number of carbonyl (C=O) groups is 1. The number of methoxy groups -OCH3 is 1. The van der Waals surface area contributed by atoms with Gasteiger partial charge in [-0.3, -0.25) is 19.6 Å². The van der Waals surface area contributed by atoms with Crippen molar-refractivity contribution >= 4 is 11.6 Å². The van der Waals surface area contributed by atoms with Crippen LogP contribution >= 0.6 is 0 Å². The second-order valence-corrected chi connectivity index (χ2v) is 4.72. The summed E-state index contributed by atoms with van der Waals surface area (Å²) in [5.41, 5.74) is 0.0376. The first-order valence-electron chi connectivity index (χ1n) is 6.98. The van der Waals surface area contributed by atoms with E-state index < -0.39 is 17.4 Å². The molecule has 0 unspecified atom stereocenters. The number of ether oxygens (including phenoxy) is 2.